The second kappa shape index (κ2) is 8.69. The van der Waals surface area contributed by atoms with E-state index in [1.165, 1.54) is 43.5 Å². The molecule has 11 heteroatoms. The Morgan fingerprint density at radius 3 is 2.46 bits per heavy atom. The van der Waals surface area contributed by atoms with Crippen LogP contribution in [-0.4, -0.2) is 25.0 Å². The van der Waals surface area contributed by atoms with Crippen LogP contribution in [0.2, 0.25) is 0 Å². The van der Waals surface area contributed by atoms with E-state index in [9.17, 15) is 13.6 Å². The van der Waals surface area contributed by atoms with Crippen molar-refractivity contribution in [1.29, 1.82) is 0 Å². The van der Waals surface area contributed by atoms with Gasteiger partial charge in [-0.2, -0.15) is 9.97 Å². The van der Waals surface area contributed by atoms with Crippen molar-refractivity contribution in [2.45, 2.75) is 37.0 Å². The Morgan fingerprint density at radius 1 is 1.18 bits per heavy atom. The predicted octanol–water partition coefficient (Wildman–Crippen LogP) is 1.10. The lowest BCUT2D eigenvalue weighted by atomic mass is 9.90. The zero-order chi connectivity index (χ0) is 20.1. The summed E-state index contributed by atoms with van der Waals surface area (Å²) in [5, 5.41) is 19.4. The number of nitrogens with zero attached hydrogens (tertiary/aromatic N) is 2. The minimum absolute atomic E-state index is 0.00676. The van der Waals surface area contributed by atoms with Crippen LogP contribution in [0.1, 0.15) is 32.1 Å². The van der Waals surface area contributed by atoms with Gasteiger partial charge in [0.25, 0.3) is 5.88 Å². The average Bonchev–Trinajstić information content (AvgIpc) is 2.67. The second-order valence-electron chi connectivity index (χ2n) is 6.78. The van der Waals surface area contributed by atoms with Gasteiger partial charge in [-0.1, -0.05) is 19.3 Å². The molecule has 1 heterocycles. The fourth-order valence-corrected chi connectivity index (χ4v) is 3.67. The summed E-state index contributed by atoms with van der Waals surface area (Å²) in [6.07, 6.45) is 5.80. The van der Waals surface area contributed by atoms with Crippen LogP contribution in [0.3, 0.4) is 0 Å². The van der Waals surface area contributed by atoms with Crippen LogP contribution in [-0.2, 0) is 10.0 Å². The highest BCUT2D eigenvalue weighted by atomic mass is 32.2. The largest absolute Gasteiger partial charge is 0.630 e. The van der Waals surface area contributed by atoms with Crippen LogP contribution < -0.4 is 26.4 Å². The average molecular weight is 408 g/mol. The number of aromatic nitrogens is 2. The molecule has 1 aromatic heterocycles. The van der Waals surface area contributed by atoms with Gasteiger partial charge < -0.3 is 26.5 Å². The molecule has 1 aliphatic rings. The quantitative estimate of drug-likeness (QED) is 0.493. The molecule has 10 nitrogen and oxygen atoms in total. The normalized spacial score (nSPS) is 15.4. The third kappa shape index (κ3) is 5.07. The van der Waals surface area contributed by atoms with Gasteiger partial charge in [-0.3, -0.25) is 0 Å². The van der Waals surface area contributed by atoms with E-state index < -0.39 is 10.0 Å². The van der Waals surface area contributed by atoms with Crippen LogP contribution in [0.5, 0.6) is 5.88 Å². The molecule has 0 bridgehead atoms. The third-order valence-corrected chi connectivity index (χ3v) is 5.61. The Balaban J connectivity index is 1.76. The zero-order valence-electron chi connectivity index (χ0n) is 15.3. The number of hydrogen-bond donors (Lipinski definition) is 4. The summed E-state index contributed by atoms with van der Waals surface area (Å²) in [6.45, 7) is 0.472. The predicted molar refractivity (Wildman–Crippen MR) is 105 cm³/mol. The molecule has 0 saturated heterocycles. The van der Waals surface area contributed by atoms with Crippen molar-refractivity contribution in [2.75, 3.05) is 17.7 Å². The second-order valence-corrected chi connectivity index (χ2v) is 8.34. The van der Waals surface area contributed by atoms with E-state index in [0.717, 1.165) is 12.8 Å². The van der Waals surface area contributed by atoms with Crippen molar-refractivity contribution in [3.05, 3.63) is 29.5 Å². The van der Waals surface area contributed by atoms with Crippen LogP contribution in [0.25, 0.3) is 0 Å². The summed E-state index contributed by atoms with van der Waals surface area (Å²) in [5.74, 6) is 0.723. The Kier molecular flexibility index (Phi) is 6.29. The molecule has 0 spiro atoms. The topological polar surface area (TPSA) is 173 Å². The van der Waals surface area contributed by atoms with Crippen molar-refractivity contribution >= 4 is 33.2 Å². The molecule has 0 unspecified atom stereocenters. The Hall–Kier alpha value is -2.47. The molecule has 3 rings (SSSR count). The summed E-state index contributed by atoms with van der Waals surface area (Å²) in [7, 11) is -3.77. The lowest BCUT2D eigenvalue weighted by Gasteiger charge is -2.22. The molecule has 2 aromatic rings. The van der Waals surface area contributed by atoms with Gasteiger partial charge in [0.05, 0.1) is 11.5 Å². The fourth-order valence-electron chi connectivity index (χ4n) is 3.15. The van der Waals surface area contributed by atoms with Crippen molar-refractivity contribution in [1.82, 2.24) is 9.97 Å². The van der Waals surface area contributed by atoms with Gasteiger partial charge in [-0.25, -0.2) is 13.6 Å². The minimum Gasteiger partial charge on any atom is -0.630 e. The van der Waals surface area contributed by atoms with Crippen molar-refractivity contribution in [3.8, 4) is 5.88 Å². The van der Waals surface area contributed by atoms with E-state index in [-0.39, 0.29) is 28.2 Å². The Bertz CT molecular complexity index is 914. The van der Waals surface area contributed by atoms with Gasteiger partial charge in [0.1, 0.15) is 0 Å². The van der Waals surface area contributed by atoms with Gasteiger partial charge >= 0.3 is 0 Å². The number of hydrogen-bond acceptors (Lipinski definition) is 8. The monoisotopic (exact) mass is 408 g/mol. The number of anilines is 3. The summed E-state index contributed by atoms with van der Waals surface area (Å²) < 4.78 is 28.5. The Labute approximate surface area is 163 Å². The van der Waals surface area contributed by atoms with Crippen LogP contribution >= 0.6 is 0 Å². The first-order valence-electron chi connectivity index (χ1n) is 9.02. The number of benzene rings is 1. The van der Waals surface area contributed by atoms with Gasteiger partial charge in [-0.15, -0.1) is 0 Å². The lowest BCUT2D eigenvalue weighted by Crippen LogP contribution is -2.70. The zero-order valence-corrected chi connectivity index (χ0v) is 16.1. The van der Waals surface area contributed by atoms with Gasteiger partial charge in [0, 0.05) is 5.69 Å². The molecule has 0 atom stereocenters. The molecule has 1 fully saturated rings. The molecule has 0 amide bonds. The number of sulfonamides is 1. The molecule has 152 valence electrons. The molecule has 1 aromatic carbocycles. The first-order chi connectivity index (χ1) is 13.4. The third-order valence-electron chi connectivity index (χ3n) is 4.68. The smallest absolute Gasteiger partial charge is 0.284 e. The van der Waals surface area contributed by atoms with E-state index >= 15 is 0 Å². The highest BCUT2D eigenvalue weighted by molar-refractivity contribution is 7.89. The maximum absolute atomic E-state index is 11.4. The van der Waals surface area contributed by atoms with E-state index in [0.29, 0.717) is 23.7 Å². The van der Waals surface area contributed by atoms with E-state index in [1.54, 1.807) is 0 Å². The molecule has 7 N–H and O–H groups in total. The van der Waals surface area contributed by atoms with Gasteiger partial charge in [0.2, 0.25) is 21.7 Å². The number of primary sulfonamides is 1. The van der Waals surface area contributed by atoms with Gasteiger partial charge in [-0.05, 0) is 43.0 Å². The van der Waals surface area contributed by atoms with Crippen molar-refractivity contribution in [2.24, 2.45) is 11.1 Å². The number of nitrogens with two attached hydrogens (primary N) is 3. The van der Waals surface area contributed by atoms with E-state index in [4.69, 9.17) is 15.6 Å². The van der Waals surface area contributed by atoms with E-state index in [2.05, 4.69) is 15.3 Å². The molecule has 28 heavy (non-hydrogen) atoms. The first kappa shape index (κ1) is 20.3. The molecular weight excluding hydrogens is 384 g/mol. The standard InChI is InChI=1S/C17H24N6O4S/c18-15-14(23-24)16(27-10-11-4-2-1-3-5-11)22-17(21-15)20-12-6-8-13(9-7-12)28(19,25)26/h6-9,11H,1-5,10,23H2,(H2,19,25,26)(H3,18,20,21,22). The highest BCUT2D eigenvalue weighted by Gasteiger charge is 2.19. The summed E-state index contributed by atoms with van der Waals surface area (Å²) >= 11 is 0. The number of nitrogens with one attached hydrogen (secondary N) is 1. The molecule has 0 radical (unpaired) electrons. The lowest BCUT2D eigenvalue weighted by molar-refractivity contribution is -0.497. The minimum atomic E-state index is -3.77. The Morgan fingerprint density at radius 2 is 1.86 bits per heavy atom. The summed E-state index contributed by atoms with van der Waals surface area (Å²) in [6, 6.07) is 5.77. The first-order valence-corrected chi connectivity index (χ1v) is 10.6. The van der Waals surface area contributed by atoms with Crippen LogP contribution in [0, 0.1) is 11.1 Å². The maximum atomic E-state index is 11.4. The molecular formula is C17H24N6O4S. The summed E-state index contributed by atoms with van der Waals surface area (Å²) in [4.78, 5) is 8.32. The van der Waals surface area contributed by atoms with E-state index in [1.807, 2.05) is 0 Å². The number of nitrogen functional groups attached to an aromatic ring is 1. The molecule has 1 aliphatic carbocycles. The summed E-state index contributed by atoms with van der Waals surface area (Å²) in [5.41, 5.74) is 7.11. The van der Waals surface area contributed by atoms with Crippen LogP contribution in [0.4, 0.5) is 23.1 Å². The molecule has 0 aliphatic heterocycles. The van der Waals surface area contributed by atoms with Crippen LogP contribution in [0.15, 0.2) is 29.2 Å². The highest BCUT2D eigenvalue weighted by Crippen LogP contribution is 2.29. The number of rotatable bonds is 7. The maximum Gasteiger partial charge on any atom is 0.284 e. The fraction of sp³-hybridized carbons (Fsp3) is 0.412. The molecule has 1 saturated carbocycles. The SMILES string of the molecule is Nc1nc(Nc2ccc(S(N)(=O)=O)cc2)nc(OCC2CCCCC2)c1[NH2+][O-]. The van der Waals surface area contributed by atoms with Gasteiger partial charge in [0.15, 0.2) is 5.82 Å². The van der Waals surface area contributed by atoms with Crippen molar-refractivity contribution < 1.29 is 18.6 Å². The van der Waals surface area contributed by atoms with Crippen molar-refractivity contribution in [3.63, 3.8) is 0 Å². The number of ether oxygens (including phenoxy) is 1. The number of quaternary nitrogens is 1.